The first-order valence-electron chi connectivity index (χ1n) is 6.65. The molecule has 0 heterocycles. The van der Waals surface area contributed by atoms with Crippen LogP contribution in [0.2, 0.25) is 0 Å². The Morgan fingerprint density at radius 2 is 1.89 bits per heavy atom. The van der Waals surface area contributed by atoms with E-state index in [2.05, 4.69) is 51.2 Å². The van der Waals surface area contributed by atoms with Gasteiger partial charge in [-0.2, -0.15) is 0 Å². The highest BCUT2D eigenvalue weighted by molar-refractivity contribution is 5.60. The Bertz CT molecular complexity index is 394. The maximum Gasteiger partial charge on any atom is 0.126 e. The summed E-state index contributed by atoms with van der Waals surface area (Å²) in [7, 11) is 1.98. The quantitative estimate of drug-likeness (QED) is 0.827. The van der Waals surface area contributed by atoms with Gasteiger partial charge in [-0.25, -0.2) is 0 Å². The van der Waals surface area contributed by atoms with Crippen LogP contribution in [0.25, 0.3) is 6.08 Å². The highest BCUT2D eigenvalue weighted by Gasteiger charge is 2.06. The van der Waals surface area contributed by atoms with Crippen molar-refractivity contribution in [2.45, 2.75) is 33.8 Å². The van der Waals surface area contributed by atoms with Gasteiger partial charge in [0.1, 0.15) is 5.75 Å². The monoisotopic (exact) mass is 247 g/mol. The van der Waals surface area contributed by atoms with E-state index in [1.807, 2.05) is 19.2 Å². The molecule has 0 aliphatic heterocycles. The smallest absolute Gasteiger partial charge is 0.126 e. The van der Waals surface area contributed by atoms with E-state index in [1.165, 1.54) is 5.57 Å². The lowest BCUT2D eigenvalue weighted by molar-refractivity contribution is 0.242. The van der Waals surface area contributed by atoms with Crippen LogP contribution in [-0.4, -0.2) is 19.7 Å². The van der Waals surface area contributed by atoms with Gasteiger partial charge in [0.2, 0.25) is 0 Å². The molecule has 1 aromatic carbocycles. The Morgan fingerprint density at radius 3 is 2.44 bits per heavy atom. The number of benzene rings is 1. The topological polar surface area (TPSA) is 21.3 Å². The fourth-order valence-corrected chi connectivity index (χ4v) is 1.79. The second-order valence-electron chi connectivity index (χ2n) is 5.11. The highest BCUT2D eigenvalue weighted by Crippen LogP contribution is 2.24. The average molecular weight is 247 g/mol. The fraction of sp³-hybridized carbons (Fsp3) is 0.500. The molecule has 0 amide bonds. The molecule has 0 unspecified atom stereocenters. The minimum atomic E-state index is 0.200. The van der Waals surface area contributed by atoms with Crippen LogP contribution in [0.3, 0.4) is 0 Å². The van der Waals surface area contributed by atoms with Crippen LogP contribution >= 0.6 is 0 Å². The van der Waals surface area contributed by atoms with Crippen molar-refractivity contribution in [3.63, 3.8) is 0 Å². The van der Waals surface area contributed by atoms with Crippen LogP contribution in [0.5, 0.6) is 5.75 Å². The molecule has 18 heavy (non-hydrogen) atoms. The zero-order chi connectivity index (χ0) is 13.5. The van der Waals surface area contributed by atoms with Gasteiger partial charge in [0.15, 0.2) is 0 Å². The number of para-hydroxylation sites is 1. The van der Waals surface area contributed by atoms with Crippen molar-refractivity contribution in [2.24, 2.45) is 5.92 Å². The van der Waals surface area contributed by atoms with Gasteiger partial charge in [-0.1, -0.05) is 43.7 Å². The highest BCUT2D eigenvalue weighted by atomic mass is 16.5. The van der Waals surface area contributed by atoms with Crippen LogP contribution in [0.1, 0.15) is 33.3 Å². The van der Waals surface area contributed by atoms with Crippen LogP contribution in [-0.2, 0) is 0 Å². The van der Waals surface area contributed by atoms with E-state index in [0.29, 0.717) is 5.92 Å². The van der Waals surface area contributed by atoms with E-state index >= 15 is 0 Å². The summed E-state index contributed by atoms with van der Waals surface area (Å²) in [5.41, 5.74) is 2.54. The molecule has 2 heteroatoms. The molecular weight excluding hydrogens is 222 g/mol. The summed E-state index contributed by atoms with van der Waals surface area (Å²) in [5, 5.41) is 3.22. The number of ether oxygens (including phenoxy) is 1. The number of nitrogens with one attached hydrogen (secondary N) is 1. The maximum atomic E-state index is 5.84. The summed E-state index contributed by atoms with van der Waals surface area (Å²) in [6.07, 6.45) is 2.44. The van der Waals surface area contributed by atoms with Gasteiger partial charge in [0, 0.05) is 12.1 Å². The molecule has 0 aliphatic carbocycles. The summed E-state index contributed by atoms with van der Waals surface area (Å²) >= 11 is 0. The Kier molecular flexibility index (Phi) is 5.93. The van der Waals surface area contributed by atoms with Crippen LogP contribution < -0.4 is 10.1 Å². The molecule has 2 nitrogen and oxygen atoms in total. The standard InChI is InChI=1S/C16H25NO/c1-12(2)15(11-17-5)10-14-8-6-7-9-16(14)18-13(3)4/h6-10,12-13,17H,11H2,1-5H3. The van der Waals surface area contributed by atoms with Crippen molar-refractivity contribution in [2.75, 3.05) is 13.6 Å². The molecule has 0 fully saturated rings. The van der Waals surface area contributed by atoms with Gasteiger partial charge in [-0.3, -0.25) is 0 Å². The number of hydrogen-bond donors (Lipinski definition) is 1. The Balaban J connectivity index is 3.03. The van der Waals surface area contributed by atoms with Crippen molar-refractivity contribution in [1.29, 1.82) is 0 Å². The van der Waals surface area contributed by atoms with Crippen molar-refractivity contribution in [3.05, 3.63) is 35.4 Å². The van der Waals surface area contributed by atoms with Crippen molar-refractivity contribution in [3.8, 4) is 5.75 Å². The van der Waals surface area contributed by atoms with E-state index in [-0.39, 0.29) is 6.10 Å². The molecule has 0 saturated carbocycles. The van der Waals surface area contributed by atoms with E-state index in [1.54, 1.807) is 0 Å². The molecule has 1 N–H and O–H groups in total. The molecule has 100 valence electrons. The third-order valence-electron chi connectivity index (χ3n) is 2.75. The third kappa shape index (κ3) is 4.53. The van der Waals surface area contributed by atoms with Gasteiger partial charge in [-0.15, -0.1) is 0 Å². The first-order chi connectivity index (χ1) is 8.54. The first-order valence-corrected chi connectivity index (χ1v) is 6.65. The van der Waals surface area contributed by atoms with Crippen molar-refractivity contribution in [1.82, 2.24) is 5.32 Å². The summed E-state index contributed by atoms with van der Waals surface area (Å²) in [6.45, 7) is 9.45. The minimum absolute atomic E-state index is 0.200. The van der Waals surface area contributed by atoms with Gasteiger partial charge >= 0.3 is 0 Å². The summed E-state index contributed by atoms with van der Waals surface area (Å²) < 4.78 is 5.84. The van der Waals surface area contributed by atoms with Gasteiger partial charge in [-0.05, 0) is 32.9 Å². The van der Waals surface area contributed by atoms with Crippen molar-refractivity contribution >= 4 is 6.08 Å². The van der Waals surface area contributed by atoms with E-state index in [0.717, 1.165) is 17.9 Å². The second kappa shape index (κ2) is 7.22. The SMILES string of the molecule is CNCC(=Cc1ccccc1OC(C)C)C(C)C. The zero-order valence-corrected chi connectivity index (χ0v) is 12.2. The summed E-state index contributed by atoms with van der Waals surface area (Å²) in [4.78, 5) is 0. The Labute approximate surface area is 111 Å². The van der Waals surface area contributed by atoms with Gasteiger partial charge in [0.25, 0.3) is 0 Å². The minimum Gasteiger partial charge on any atom is -0.490 e. The second-order valence-corrected chi connectivity index (χ2v) is 5.11. The predicted octanol–water partition coefficient (Wildman–Crippen LogP) is 3.73. The van der Waals surface area contributed by atoms with Gasteiger partial charge in [0.05, 0.1) is 6.10 Å². The molecule has 0 aromatic heterocycles. The molecule has 1 rings (SSSR count). The Morgan fingerprint density at radius 1 is 1.22 bits per heavy atom. The van der Waals surface area contributed by atoms with E-state index < -0.39 is 0 Å². The molecule has 0 bridgehead atoms. The molecule has 0 saturated heterocycles. The molecule has 0 spiro atoms. The lowest BCUT2D eigenvalue weighted by atomic mass is 10.00. The average Bonchev–Trinajstić information content (AvgIpc) is 2.30. The normalized spacial score (nSPS) is 12.3. The third-order valence-corrected chi connectivity index (χ3v) is 2.75. The van der Waals surface area contributed by atoms with Crippen LogP contribution in [0.15, 0.2) is 29.8 Å². The first kappa shape index (κ1) is 14.8. The summed E-state index contributed by atoms with van der Waals surface area (Å²) in [5.74, 6) is 1.49. The molecular formula is C16H25NO. The van der Waals surface area contributed by atoms with E-state index in [4.69, 9.17) is 4.74 Å². The number of rotatable bonds is 6. The lowest BCUT2D eigenvalue weighted by Crippen LogP contribution is -2.14. The molecule has 0 aliphatic rings. The summed E-state index contributed by atoms with van der Waals surface area (Å²) in [6, 6.07) is 8.21. The van der Waals surface area contributed by atoms with Crippen LogP contribution in [0.4, 0.5) is 0 Å². The largest absolute Gasteiger partial charge is 0.490 e. The van der Waals surface area contributed by atoms with Crippen molar-refractivity contribution < 1.29 is 4.74 Å². The Hall–Kier alpha value is -1.28. The molecule has 1 aromatic rings. The van der Waals surface area contributed by atoms with E-state index in [9.17, 15) is 0 Å². The number of hydrogen-bond acceptors (Lipinski definition) is 2. The molecule has 0 atom stereocenters. The lowest BCUT2D eigenvalue weighted by Gasteiger charge is -2.15. The fourth-order valence-electron chi connectivity index (χ4n) is 1.79. The predicted molar refractivity (Wildman–Crippen MR) is 78.9 cm³/mol. The molecule has 0 radical (unpaired) electrons. The zero-order valence-electron chi connectivity index (χ0n) is 12.2. The number of likely N-dealkylation sites (N-methyl/N-ethyl adjacent to an activating group) is 1. The van der Waals surface area contributed by atoms with Gasteiger partial charge < -0.3 is 10.1 Å². The maximum absolute atomic E-state index is 5.84. The van der Waals surface area contributed by atoms with Crippen LogP contribution in [0, 0.1) is 5.92 Å².